The number of hydrogen-bond donors (Lipinski definition) is 2. The van der Waals surface area contributed by atoms with Gasteiger partial charge in [-0.25, -0.2) is 0 Å². The average molecular weight is 344 g/mol. The summed E-state index contributed by atoms with van der Waals surface area (Å²) in [6.07, 6.45) is 3.95. The highest BCUT2D eigenvalue weighted by atomic mass is 16.3. The maximum absolute atomic E-state index is 12.7. The molecule has 0 radical (unpaired) electrons. The molecule has 0 bridgehead atoms. The SMILES string of the molecule is Cc1ccc(N2CCC(C(=O)NCC3CCCC(O)C3)C2=O)cc1C. The summed E-state index contributed by atoms with van der Waals surface area (Å²) >= 11 is 0. The summed E-state index contributed by atoms with van der Waals surface area (Å²) < 4.78 is 0. The Hall–Kier alpha value is -1.88. The Morgan fingerprint density at radius 1 is 1.24 bits per heavy atom. The summed E-state index contributed by atoms with van der Waals surface area (Å²) in [6.45, 7) is 5.22. The van der Waals surface area contributed by atoms with Crippen molar-refractivity contribution in [1.82, 2.24) is 5.32 Å². The first kappa shape index (κ1) is 17.9. The number of carbonyl (C=O) groups excluding carboxylic acids is 2. The summed E-state index contributed by atoms with van der Waals surface area (Å²) in [5.41, 5.74) is 3.22. The Morgan fingerprint density at radius 2 is 2.04 bits per heavy atom. The van der Waals surface area contributed by atoms with Gasteiger partial charge < -0.3 is 15.3 Å². The molecule has 5 nitrogen and oxygen atoms in total. The lowest BCUT2D eigenvalue weighted by atomic mass is 9.87. The van der Waals surface area contributed by atoms with Gasteiger partial charge in [0, 0.05) is 18.8 Å². The zero-order valence-corrected chi connectivity index (χ0v) is 15.1. The van der Waals surface area contributed by atoms with Crippen molar-refractivity contribution in [2.45, 2.75) is 52.1 Å². The molecule has 1 saturated carbocycles. The molecule has 2 fully saturated rings. The summed E-state index contributed by atoms with van der Waals surface area (Å²) in [5, 5.41) is 12.7. The smallest absolute Gasteiger partial charge is 0.239 e. The Balaban J connectivity index is 1.57. The van der Waals surface area contributed by atoms with Gasteiger partial charge in [0.1, 0.15) is 5.92 Å². The molecule has 1 aliphatic carbocycles. The molecule has 0 aromatic heterocycles. The Morgan fingerprint density at radius 3 is 2.76 bits per heavy atom. The maximum atomic E-state index is 12.7. The number of aliphatic hydroxyl groups excluding tert-OH is 1. The normalized spacial score (nSPS) is 26.8. The lowest BCUT2D eigenvalue weighted by Gasteiger charge is -2.26. The molecule has 1 heterocycles. The van der Waals surface area contributed by atoms with Gasteiger partial charge in [0.15, 0.2) is 0 Å². The predicted molar refractivity (Wildman–Crippen MR) is 97.4 cm³/mol. The van der Waals surface area contributed by atoms with E-state index < -0.39 is 5.92 Å². The van der Waals surface area contributed by atoms with Gasteiger partial charge in [0.2, 0.25) is 11.8 Å². The molecule has 2 amide bonds. The van der Waals surface area contributed by atoms with Crippen LogP contribution in [0, 0.1) is 25.7 Å². The fraction of sp³-hybridized carbons (Fsp3) is 0.600. The van der Waals surface area contributed by atoms with Crippen LogP contribution in [0.15, 0.2) is 18.2 Å². The number of carbonyl (C=O) groups is 2. The third kappa shape index (κ3) is 4.03. The Bertz CT molecular complexity index is 658. The van der Waals surface area contributed by atoms with E-state index in [0.29, 0.717) is 25.4 Å². The first-order valence-corrected chi connectivity index (χ1v) is 9.30. The summed E-state index contributed by atoms with van der Waals surface area (Å²) in [7, 11) is 0. The molecule has 3 unspecified atom stereocenters. The molecule has 136 valence electrons. The Kier molecular flexibility index (Phi) is 5.42. The van der Waals surface area contributed by atoms with E-state index >= 15 is 0 Å². The second kappa shape index (κ2) is 7.56. The lowest BCUT2D eigenvalue weighted by Crippen LogP contribution is -2.40. The predicted octanol–water partition coefficient (Wildman–Crippen LogP) is 2.32. The van der Waals surface area contributed by atoms with Crippen LogP contribution in [0.4, 0.5) is 5.69 Å². The van der Waals surface area contributed by atoms with Crippen LogP contribution in [-0.4, -0.2) is 36.1 Å². The number of aliphatic hydroxyl groups is 1. The van der Waals surface area contributed by atoms with Crippen molar-refractivity contribution in [3.63, 3.8) is 0 Å². The van der Waals surface area contributed by atoms with Crippen molar-refractivity contribution in [2.75, 3.05) is 18.0 Å². The zero-order valence-electron chi connectivity index (χ0n) is 15.1. The van der Waals surface area contributed by atoms with Crippen LogP contribution in [0.5, 0.6) is 0 Å². The van der Waals surface area contributed by atoms with Gasteiger partial charge in [0.25, 0.3) is 0 Å². The molecule has 25 heavy (non-hydrogen) atoms. The van der Waals surface area contributed by atoms with Gasteiger partial charge in [-0.05, 0) is 68.7 Å². The van der Waals surface area contributed by atoms with Gasteiger partial charge in [-0.15, -0.1) is 0 Å². The van der Waals surface area contributed by atoms with Crippen molar-refractivity contribution < 1.29 is 14.7 Å². The summed E-state index contributed by atoms with van der Waals surface area (Å²) in [4.78, 5) is 26.9. The quantitative estimate of drug-likeness (QED) is 0.824. The van der Waals surface area contributed by atoms with Crippen molar-refractivity contribution >= 4 is 17.5 Å². The molecule has 2 N–H and O–H groups in total. The van der Waals surface area contributed by atoms with Crippen LogP contribution in [0.25, 0.3) is 0 Å². The minimum atomic E-state index is -0.588. The highest BCUT2D eigenvalue weighted by molar-refractivity contribution is 6.09. The number of hydrogen-bond acceptors (Lipinski definition) is 3. The number of rotatable bonds is 4. The minimum absolute atomic E-state index is 0.107. The first-order chi connectivity index (χ1) is 12.0. The van der Waals surface area contributed by atoms with Gasteiger partial charge in [-0.3, -0.25) is 9.59 Å². The van der Waals surface area contributed by atoms with Crippen molar-refractivity contribution in [2.24, 2.45) is 11.8 Å². The fourth-order valence-corrected chi connectivity index (χ4v) is 3.89. The molecule has 1 aliphatic heterocycles. The van der Waals surface area contributed by atoms with Gasteiger partial charge >= 0.3 is 0 Å². The molecule has 1 aromatic carbocycles. The van der Waals surface area contributed by atoms with Crippen LogP contribution in [0.2, 0.25) is 0 Å². The summed E-state index contributed by atoms with van der Waals surface area (Å²) in [6, 6.07) is 5.97. The van der Waals surface area contributed by atoms with Crippen LogP contribution in [0.3, 0.4) is 0 Å². The molecule has 3 rings (SSSR count). The van der Waals surface area contributed by atoms with Gasteiger partial charge in [-0.1, -0.05) is 12.5 Å². The van der Waals surface area contributed by atoms with Crippen LogP contribution in [0.1, 0.15) is 43.2 Å². The zero-order chi connectivity index (χ0) is 18.0. The summed E-state index contributed by atoms with van der Waals surface area (Å²) in [5.74, 6) is -0.545. The highest BCUT2D eigenvalue weighted by Crippen LogP contribution is 2.28. The lowest BCUT2D eigenvalue weighted by molar-refractivity contribution is -0.132. The van der Waals surface area contributed by atoms with E-state index in [2.05, 4.69) is 5.32 Å². The minimum Gasteiger partial charge on any atom is -0.393 e. The molecule has 2 aliphatic rings. The number of nitrogens with zero attached hydrogens (tertiary/aromatic N) is 1. The number of benzene rings is 1. The average Bonchev–Trinajstić information content (AvgIpc) is 2.97. The molecular weight excluding hydrogens is 316 g/mol. The molecule has 3 atom stereocenters. The maximum Gasteiger partial charge on any atom is 0.239 e. The molecule has 0 spiro atoms. The molecular formula is C20H28N2O3. The van der Waals surface area contributed by atoms with E-state index in [-0.39, 0.29) is 17.9 Å². The van der Waals surface area contributed by atoms with Crippen LogP contribution >= 0.6 is 0 Å². The number of aryl methyl sites for hydroxylation is 2. The van der Waals surface area contributed by atoms with Crippen molar-refractivity contribution in [1.29, 1.82) is 0 Å². The second-order valence-corrected chi connectivity index (χ2v) is 7.53. The van der Waals surface area contributed by atoms with Crippen molar-refractivity contribution in [3.8, 4) is 0 Å². The highest BCUT2D eigenvalue weighted by Gasteiger charge is 2.37. The van der Waals surface area contributed by atoms with Gasteiger partial charge in [0.05, 0.1) is 6.10 Å². The molecule has 1 saturated heterocycles. The van der Waals surface area contributed by atoms with E-state index in [0.717, 1.165) is 36.9 Å². The van der Waals surface area contributed by atoms with Gasteiger partial charge in [-0.2, -0.15) is 0 Å². The standard InChI is InChI=1S/C20H28N2O3/c1-13-6-7-16(10-14(13)2)22-9-8-18(20(22)25)19(24)21-12-15-4-3-5-17(23)11-15/h6-7,10,15,17-18,23H,3-5,8-9,11-12H2,1-2H3,(H,21,24). The molecule has 1 aromatic rings. The number of anilines is 1. The largest absolute Gasteiger partial charge is 0.393 e. The van der Waals surface area contributed by atoms with Crippen molar-refractivity contribution in [3.05, 3.63) is 29.3 Å². The number of nitrogens with one attached hydrogen (secondary N) is 1. The number of amides is 2. The third-order valence-electron chi connectivity index (χ3n) is 5.64. The van der Waals surface area contributed by atoms with E-state index in [1.54, 1.807) is 4.90 Å². The first-order valence-electron chi connectivity index (χ1n) is 9.30. The monoisotopic (exact) mass is 344 g/mol. The Labute approximate surface area is 149 Å². The third-order valence-corrected chi connectivity index (χ3v) is 5.64. The van der Waals surface area contributed by atoms with E-state index in [4.69, 9.17) is 0 Å². The van der Waals surface area contributed by atoms with E-state index in [1.165, 1.54) is 5.56 Å². The van der Waals surface area contributed by atoms with E-state index in [1.807, 2.05) is 32.0 Å². The van der Waals surface area contributed by atoms with Crippen LogP contribution in [-0.2, 0) is 9.59 Å². The fourth-order valence-electron chi connectivity index (χ4n) is 3.89. The molecule has 5 heteroatoms. The topological polar surface area (TPSA) is 69.6 Å². The second-order valence-electron chi connectivity index (χ2n) is 7.53. The van der Waals surface area contributed by atoms with E-state index in [9.17, 15) is 14.7 Å². The van der Waals surface area contributed by atoms with Crippen LogP contribution < -0.4 is 10.2 Å².